The standard InChI is InChI=1S/C17H26O/c1-16(2)9-4-10-17(3)14-11-13(18)7-5-12(14)6-8-15(16)17/h5,7,12,14-15H,4,6,8-11H2,1-3H3/t12-,14+,15+,17-/m1/s1. The molecule has 1 heteroatoms. The van der Waals surface area contributed by atoms with Gasteiger partial charge in [-0.2, -0.15) is 0 Å². The van der Waals surface area contributed by atoms with E-state index in [1.807, 2.05) is 6.08 Å². The SMILES string of the molecule is CC1(C)CCC[C@]2(C)[C@H]3CC(=O)C=C[C@@H]3CC[C@@H]12. The van der Waals surface area contributed by atoms with E-state index in [9.17, 15) is 4.79 Å². The van der Waals surface area contributed by atoms with Gasteiger partial charge in [0.25, 0.3) is 0 Å². The number of fused-ring (bicyclic) bond motifs is 3. The molecule has 0 spiro atoms. The highest BCUT2D eigenvalue weighted by atomic mass is 16.1. The van der Waals surface area contributed by atoms with E-state index >= 15 is 0 Å². The summed E-state index contributed by atoms with van der Waals surface area (Å²) in [4.78, 5) is 11.8. The van der Waals surface area contributed by atoms with Crippen LogP contribution in [0.4, 0.5) is 0 Å². The fourth-order valence-electron chi connectivity index (χ4n) is 5.51. The molecule has 0 aromatic heterocycles. The van der Waals surface area contributed by atoms with Gasteiger partial charge in [0.05, 0.1) is 0 Å². The molecule has 100 valence electrons. The first-order chi connectivity index (χ1) is 8.43. The lowest BCUT2D eigenvalue weighted by Gasteiger charge is -2.59. The molecule has 3 aliphatic carbocycles. The first kappa shape index (κ1) is 12.4. The van der Waals surface area contributed by atoms with Crippen LogP contribution in [0.5, 0.6) is 0 Å². The van der Waals surface area contributed by atoms with Crippen molar-refractivity contribution in [1.82, 2.24) is 0 Å². The van der Waals surface area contributed by atoms with E-state index in [4.69, 9.17) is 0 Å². The third-order valence-corrected chi connectivity index (χ3v) is 6.38. The average Bonchev–Trinajstić information content (AvgIpc) is 2.29. The van der Waals surface area contributed by atoms with E-state index in [0.29, 0.717) is 28.4 Å². The minimum absolute atomic E-state index is 0.363. The van der Waals surface area contributed by atoms with Gasteiger partial charge >= 0.3 is 0 Å². The second kappa shape index (κ2) is 3.95. The summed E-state index contributed by atoms with van der Waals surface area (Å²) in [5.41, 5.74) is 0.882. The monoisotopic (exact) mass is 246 g/mol. The van der Waals surface area contributed by atoms with Gasteiger partial charge < -0.3 is 0 Å². The van der Waals surface area contributed by atoms with Crippen LogP contribution in [0.3, 0.4) is 0 Å². The van der Waals surface area contributed by atoms with Gasteiger partial charge in [-0.3, -0.25) is 4.79 Å². The number of rotatable bonds is 0. The molecular formula is C17H26O. The number of hydrogen-bond acceptors (Lipinski definition) is 1. The van der Waals surface area contributed by atoms with E-state index in [1.165, 1.54) is 32.1 Å². The van der Waals surface area contributed by atoms with Crippen molar-refractivity contribution in [1.29, 1.82) is 0 Å². The Morgan fingerprint density at radius 1 is 1.17 bits per heavy atom. The van der Waals surface area contributed by atoms with Crippen LogP contribution in [0.2, 0.25) is 0 Å². The maximum Gasteiger partial charge on any atom is 0.155 e. The molecule has 0 amide bonds. The van der Waals surface area contributed by atoms with E-state index in [1.54, 1.807) is 0 Å². The molecule has 0 bridgehead atoms. The van der Waals surface area contributed by atoms with Crippen molar-refractivity contribution in [3.63, 3.8) is 0 Å². The largest absolute Gasteiger partial charge is 0.295 e. The molecule has 4 atom stereocenters. The zero-order valence-electron chi connectivity index (χ0n) is 12.0. The molecule has 3 rings (SSSR count). The van der Waals surface area contributed by atoms with Gasteiger partial charge in [0, 0.05) is 6.42 Å². The number of carbonyl (C=O) groups excluding carboxylic acids is 1. The van der Waals surface area contributed by atoms with Gasteiger partial charge in [-0.05, 0) is 60.3 Å². The van der Waals surface area contributed by atoms with Crippen LogP contribution < -0.4 is 0 Å². The molecule has 0 saturated heterocycles. The predicted octanol–water partition coefficient (Wildman–Crippen LogP) is 4.37. The number of allylic oxidation sites excluding steroid dienone is 2. The highest BCUT2D eigenvalue weighted by Gasteiger charge is 2.54. The van der Waals surface area contributed by atoms with Crippen molar-refractivity contribution in [2.24, 2.45) is 28.6 Å². The van der Waals surface area contributed by atoms with Crippen molar-refractivity contribution >= 4 is 5.78 Å². The van der Waals surface area contributed by atoms with Gasteiger partial charge in [-0.15, -0.1) is 0 Å². The lowest BCUT2D eigenvalue weighted by molar-refractivity contribution is -0.126. The van der Waals surface area contributed by atoms with Crippen molar-refractivity contribution in [3.8, 4) is 0 Å². The van der Waals surface area contributed by atoms with Crippen LogP contribution in [0, 0.1) is 28.6 Å². The zero-order chi connectivity index (χ0) is 13.0. The summed E-state index contributed by atoms with van der Waals surface area (Å²) >= 11 is 0. The molecular weight excluding hydrogens is 220 g/mol. The zero-order valence-corrected chi connectivity index (χ0v) is 12.0. The first-order valence-electron chi connectivity index (χ1n) is 7.64. The Balaban J connectivity index is 1.96. The number of ketones is 1. The molecule has 2 fully saturated rings. The fourth-order valence-corrected chi connectivity index (χ4v) is 5.51. The minimum Gasteiger partial charge on any atom is -0.295 e. The maximum atomic E-state index is 11.8. The molecule has 1 nitrogen and oxygen atoms in total. The van der Waals surface area contributed by atoms with E-state index in [0.717, 1.165) is 12.3 Å². The van der Waals surface area contributed by atoms with Crippen molar-refractivity contribution in [2.45, 2.75) is 59.3 Å². The van der Waals surface area contributed by atoms with Crippen molar-refractivity contribution in [3.05, 3.63) is 12.2 Å². The smallest absolute Gasteiger partial charge is 0.155 e. The molecule has 0 N–H and O–H groups in total. The molecule has 3 aliphatic rings. The third-order valence-electron chi connectivity index (χ3n) is 6.38. The fraction of sp³-hybridized carbons (Fsp3) is 0.824. The molecule has 0 radical (unpaired) electrons. The van der Waals surface area contributed by atoms with Gasteiger partial charge in [0.15, 0.2) is 5.78 Å². The summed E-state index contributed by atoms with van der Waals surface area (Å²) in [5, 5.41) is 0. The summed E-state index contributed by atoms with van der Waals surface area (Å²) in [7, 11) is 0. The van der Waals surface area contributed by atoms with Gasteiger partial charge in [0.2, 0.25) is 0 Å². The van der Waals surface area contributed by atoms with Gasteiger partial charge in [0.1, 0.15) is 0 Å². The van der Waals surface area contributed by atoms with E-state index in [-0.39, 0.29) is 0 Å². The molecule has 2 saturated carbocycles. The van der Waals surface area contributed by atoms with Crippen LogP contribution >= 0.6 is 0 Å². The summed E-state index contributed by atoms with van der Waals surface area (Å²) in [6, 6.07) is 0. The van der Waals surface area contributed by atoms with Crippen LogP contribution in [0.15, 0.2) is 12.2 Å². The Kier molecular flexibility index (Phi) is 2.73. The lowest BCUT2D eigenvalue weighted by Crippen LogP contribution is -2.52. The first-order valence-corrected chi connectivity index (χ1v) is 7.64. The van der Waals surface area contributed by atoms with E-state index < -0.39 is 0 Å². The summed E-state index contributed by atoms with van der Waals surface area (Å²) in [5.74, 6) is 2.48. The molecule has 0 aromatic rings. The van der Waals surface area contributed by atoms with Crippen LogP contribution in [-0.2, 0) is 4.79 Å². The minimum atomic E-state index is 0.363. The molecule has 0 heterocycles. The summed E-state index contributed by atoms with van der Waals surface area (Å²) < 4.78 is 0. The van der Waals surface area contributed by atoms with Gasteiger partial charge in [-0.25, -0.2) is 0 Å². The number of hydrogen-bond donors (Lipinski definition) is 0. The molecule has 0 unspecified atom stereocenters. The second-order valence-electron chi connectivity index (χ2n) is 7.78. The average molecular weight is 246 g/mol. The molecule has 18 heavy (non-hydrogen) atoms. The van der Waals surface area contributed by atoms with Gasteiger partial charge in [-0.1, -0.05) is 33.3 Å². The Bertz CT molecular complexity index is 392. The second-order valence-corrected chi connectivity index (χ2v) is 7.78. The lowest BCUT2D eigenvalue weighted by atomic mass is 9.45. The Morgan fingerprint density at radius 2 is 1.94 bits per heavy atom. The normalized spacial score (nSPS) is 46.4. The highest BCUT2D eigenvalue weighted by molar-refractivity contribution is 5.90. The predicted molar refractivity (Wildman–Crippen MR) is 74.2 cm³/mol. The Morgan fingerprint density at radius 3 is 2.72 bits per heavy atom. The summed E-state index contributed by atoms with van der Waals surface area (Å²) in [6.45, 7) is 7.40. The van der Waals surface area contributed by atoms with Crippen LogP contribution in [-0.4, -0.2) is 5.78 Å². The molecule has 0 aliphatic heterocycles. The summed E-state index contributed by atoms with van der Waals surface area (Å²) in [6.07, 6.45) is 11.6. The topological polar surface area (TPSA) is 17.1 Å². The Labute approximate surface area is 111 Å². The van der Waals surface area contributed by atoms with E-state index in [2.05, 4.69) is 26.8 Å². The van der Waals surface area contributed by atoms with Crippen LogP contribution in [0.1, 0.15) is 59.3 Å². The highest BCUT2D eigenvalue weighted by Crippen LogP contribution is 2.62. The van der Waals surface area contributed by atoms with Crippen molar-refractivity contribution in [2.75, 3.05) is 0 Å². The quantitative estimate of drug-likeness (QED) is 0.620. The third kappa shape index (κ3) is 1.70. The van der Waals surface area contributed by atoms with Crippen molar-refractivity contribution < 1.29 is 4.79 Å². The Hall–Kier alpha value is -0.590. The van der Waals surface area contributed by atoms with Crippen LogP contribution in [0.25, 0.3) is 0 Å². The molecule has 0 aromatic carbocycles. The maximum absolute atomic E-state index is 11.8. The number of carbonyl (C=O) groups is 1.